The van der Waals surface area contributed by atoms with Gasteiger partial charge in [-0.15, -0.1) is 11.6 Å². The molecule has 0 aromatic carbocycles. The summed E-state index contributed by atoms with van der Waals surface area (Å²) in [5.74, 6) is 1.20. The second-order valence-corrected chi connectivity index (χ2v) is 5.48. The van der Waals surface area contributed by atoms with E-state index in [0.29, 0.717) is 17.5 Å². The van der Waals surface area contributed by atoms with Gasteiger partial charge in [-0.3, -0.25) is 0 Å². The number of hydrogen-bond donors (Lipinski definition) is 1. The second kappa shape index (κ2) is 5.92. The predicted octanol–water partition coefficient (Wildman–Crippen LogP) is 4.17. The minimum absolute atomic E-state index is 0.0920. The topological polar surface area (TPSA) is 24.9 Å². The zero-order valence-corrected chi connectivity index (χ0v) is 11.7. The van der Waals surface area contributed by atoms with Gasteiger partial charge in [0.1, 0.15) is 5.82 Å². The van der Waals surface area contributed by atoms with E-state index in [2.05, 4.69) is 40.1 Å². The lowest BCUT2D eigenvalue weighted by Gasteiger charge is -2.15. The fourth-order valence-corrected chi connectivity index (χ4v) is 1.83. The number of nitrogens with one attached hydrogen (secondary N) is 1. The summed E-state index contributed by atoms with van der Waals surface area (Å²) in [6.07, 6.45) is 1.60. The maximum Gasteiger partial charge on any atom is 0.140 e. The Balaban J connectivity index is 2.58. The monoisotopic (exact) mass is 310 g/mol. The van der Waals surface area contributed by atoms with Gasteiger partial charge in [-0.05, 0) is 27.9 Å². The molecule has 0 aliphatic rings. The fourth-order valence-electron chi connectivity index (χ4n) is 0.975. The maximum absolute atomic E-state index is 6.12. The summed E-state index contributed by atoms with van der Waals surface area (Å²) in [5, 5.41) is 3.87. The molecule has 1 N–H and O–H groups in total. The minimum atomic E-state index is 0.0920. The normalized spacial score (nSPS) is 12.9. The second-order valence-electron chi connectivity index (χ2n) is 3.62. The number of rotatable bonds is 4. The van der Waals surface area contributed by atoms with Gasteiger partial charge in [0.15, 0.2) is 0 Å². The summed E-state index contributed by atoms with van der Waals surface area (Å²) < 4.78 is 0.850. The number of nitrogens with zero attached hydrogens (tertiary/aromatic N) is 1. The molecule has 0 aliphatic carbocycles. The number of pyridine rings is 1. The first-order valence-corrected chi connectivity index (χ1v) is 6.30. The predicted molar refractivity (Wildman–Crippen MR) is 69.9 cm³/mol. The highest BCUT2D eigenvalue weighted by atomic mass is 79.9. The minimum Gasteiger partial charge on any atom is -0.368 e. The van der Waals surface area contributed by atoms with Crippen molar-refractivity contribution >= 4 is 44.9 Å². The van der Waals surface area contributed by atoms with E-state index in [9.17, 15) is 0 Å². The Bertz CT molecular complexity index is 331. The lowest BCUT2D eigenvalue weighted by atomic mass is 10.1. The van der Waals surface area contributed by atoms with E-state index in [-0.39, 0.29) is 5.38 Å². The summed E-state index contributed by atoms with van der Waals surface area (Å²) in [6.45, 7) is 4.86. The van der Waals surface area contributed by atoms with Crippen molar-refractivity contribution in [3.63, 3.8) is 0 Å². The Labute approximate surface area is 108 Å². The SMILES string of the molecule is CC(C)C(Cl)CNc1ncc(Cl)cc1Br. The van der Waals surface area contributed by atoms with Gasteiger partial charge >= 0.3 is 0 Å². The Morgan fingerprint density at radius 1 is 1.53 bits per heavy atom. The average Bonchev–Trinajstić information content (AvgIpc) is 2.15. The van der Waals surface area contributed by atoms with Gasteiger partial charge in [-0.25, -0.2) is 4.98 Å². The summed E-state index contributed by atoms with van der Waals surface area (Å²) >= 11 is 15.3. The van der Waals surface area contributed by atoms with Crippen LogP contribution >= 0.6 is 39.1 Å². The van der Waals surface area contributed by atoms with Crippen LogP contribution in [-0.2, 0) is 0 Å². The molecule has 0 spiro atoms. The third-order valence-corrected chi connectivity index (χ3v) is 3.47. The first kappa shape index (κ1) is 13.1. The van der Waals surface area contributed by atoms with Crippen molar-refractivity contribution in [2.45, 2.75) is 19.2 Å². The fraction of sp³-hybridized carbons (Fsp3) is 0.500. The van der Waals surface area contributed by atoms with Crippen molar-refractivity contribution in [3.05, 3.63) is 21.8 Å². The van der Waals surface area contributed by atoms with Crippen molar-refractivity contribution in [1.29, 1.82) is 0 Å². The van der Waals surface area contributed by atoms with Crippen LogP contribution < -0.4 is 5.32 Å². The third-order valence-electron chi connectivity index (χ3n) is 2.00. The number of halogens is 3. The van der Waals surface area contributed by atoms with Crippen LogP contribution in [0.15, 0.2) is 16.7 Å². The Kier molecular flexibility index (Phi) is 5.16. The zero-order valence-electron chi connectivity index (χ0n) is 8.60. The Hall–Kier alpha value is 0.01000. The molecule has 1 atom stereocenters. The molecule has 0 saturated carbocycles. The van der Waals surface area contributed by atoms with Gasteiger partial charge in [0.25, 0.3) is 0 Å². The molecule has 0 saturated heterocycles. The largest absolute Gasteiger partial charge is 0.368 e. The van der Waals surface area contributed by atoms with Crippen LogP contribution in [-0.4, -0.2) is 16.9 Å². The molecule has 1 aromatic heterocycles. The Morgan fingerprint density at radius 3 is 2.73 bits per heavy atom. The highest BCUT2D eigenvalue weighted by Gasteiger charge is 2.10. The van der Waals surface area contributed by atoms with Gasteiger partial charge in [-0.2, -0.15) is 0 Å². The summed E-state index contributed by atoms with van der Waals surface area (Å²) in [6, 6.07) is 1.80. The molecule has 2 nitrogen and oxygen atoms in total. The quantitative estimate of drug-likeness (QED) is 0.844. The van der Waals surface area contributed by atoms with Crippen LogP contribution in [0.1, 0.15) is 13.8 Å². The van der Waals surface area contributed by atoms with Crippen LogP contribution in [0.25, 0.3) is 0 Å². The molecule has 15 heavy (non-hydrogen) atoms. The lowest BCUT2D eigenvalue weighted by Crippen LogP contribution is -2.20. The molecular weight excluding hydrogens is 299 g/mol. The first-order valence-electron chi connectivity index (χ1n) is 4.69. The molecular formula is C10H13BrCl2N2. The average molecular weight is 312 g/mol. The van der Waals surface area contributed by atoms with Crippen molar-refractivity contribution in [2.24, 2.45) is 5.92 Å². The number of alkyl halides is 1. The highest BCUT2D eigenvalue weighted by Crippen LogP contribution is 2.23. The van der Waals surface area contributed by atoms with E-state index in [1.165, 1.54) is 0 Å². The van der Waals surface area contributed by atoms with Crippen molar-refractivity contribution in [1.82, 2.24) is 4.98 Å². The molecule has 1 unspecified atom stereocenters. The molecule has 0 fully saturated rings. The molecule has 84 valence electrons. The van der Waals surface area contributed by atoms with Crippen LogP contribution in [0.4, 0.5) is 5.82 Å². The lowest BCUT2D eigenvalue weighted by molar-refractivity contribution is 0.615. The van der Waals surface area contributed by atoms with E-state index < -0.39 is 0 Å². The molecule has 1 rings (SSSR count). The molecule has 0 bridgehead atoms. The Morgan fingerprint density at radius 2 is 2.20 bits per heavy atom. The van der Waals surface area contributed by atoms with Gasteiger partial charge < -0.3 is 5.32 Å². The third kappa shape index (κ3) is 4.17. The van der Waals surface area contributed by atoms with Gasteiger partial charge in [0.05, 0.1) is 14.9 Å². The van der Waals surface area contributed by atoms with Crippen molar-refractivity contribution in [3.8, 4) is 0 Å². The van der Waals surface area contributed by atoms with Crippen LogP contribution in [0.2, 0.25) is 5.02 Å². The van der Waals surface area contributed by atoms with E-state index in [0.717, 1.165) is 10.3 Å². The van der Waals surface area contributed by atoms with E-state index in [1.54, 1.807) is 12.3 Å². The van der Waals surface area contributed by atoms with Gasteiger partial charge in [0, 0.05) is 12.7 Å². The summed E-state index contributed by atoms with van der Waals surface area (Å²) in [7, 11) is 0. The van der Waals surface area contributed by atoms with E-state index >= 15 is 0 Å². The highest BCUT2D eigenvalue weighted by molar-refractivity contribution is 9.10. The number of hydrogen-bond acceptors (Lipinski definition) is 2. The van der Waals surface area contributed by atoms with Crippen LogP contribution in [0.3, 0.4) is 0 Å². The number of aromatic nitrogens is 1. The van der Waals surface area contributed by atoms with Gasteiger partial charge in [0.2, 0.25) is 0 Å². The van der Waals surface area contributed by atoms with Gasteiger partial charge in [-0.1, -0.05) is 25.4 Å². The summed E-state index contributed by atoms with van der Waals surface area (Å²) in [4.78, 5) is 4.16. The molecule has 1 aromatic rings. The maximum atomic E-state index is 6.12. The molecule has 0 aliphatic heterocycles. The molecule has 1 heterocycles. The van der Waals surface area contributed by atoms with E-state index in [1.807, 2.05) is 0 Å². The zero-order chi connectivity index (χ0) is 11.4. The van der Waals surface area contributed by atoms with Crippen LogP contribution in [0, 0.1) is 5.92 Å². The van der Waals surface area contributed by atoms with Crippen molar-refractivity contribution < 1.29 is 0 Å². The molecule has 5 heteroatoms. The van der Waals surface area contributed by atoms with Crippen molar-refractivity contribution in [2.75, 3.05) is 11.9 Å². The van der Waals surface area contributed by atoms with E-state index in [4.69, 9.17) is 23.2 Å². The molecule has 0 radical (unpaired) electrons. The number of anilines is 1. The molecule has 0 amide bonds. The first-order chi connectivity index (χ1) is 7.00. The summed E-state index contributed by atoms with van der Waals surface area (Å²) in [5.41, 5.74) is 0. The standard InChI is InChI=1S/C10H13BrCl2N2/c1-6(2)9(13)5-15-10-8(11)3-7(12)4-14-10/h3-4,6,9H,5H2,1-2H3,(H,14,15). The smallest absolute Gasteiger partial charge is 0.140 e. The van der Waals surface area contributed by atoms with Crippen LogP contribution in [0.5, 0.6) is 0 Å².